The molecule has 4 rings (SSSR count). The molecular weight excluding hydrogens is 323 g/mol. The normalized spacial score (nSPS) is 25.0. The van der Waals surface area contributed by atoms with Crippen molar-refractivity contribution in [3.05, 3.63) is 52.4 Å². The fraction of sp³-hybridized carbons (Fsp3) is 0.312. The van der Waals surface area contributed by atoms with E-state index in [1.165, 1.54) is 0 Å². The third kappa shape index (κ3) is 2.06. The SMILES string of the molecule is O=C1[C@@H]2CCCN2[C@@H](c2ccco2)N1c1ccc(Cl)c(Cl)c1. The van der Waals surface area contributed by atoms with E-state index in [9.17, 15) is 4.79 Å². The number of carbonyl (C=O) groups is 1. The van der Waals surface area contributed by atoms with Gasteiger partial charge < -0.3 is 4.42 Å². The van der Waals surface area contributed by atoms with E-state index >= 15 is 0 Å². The van der Waals surface area contributed by atoms with Crippen LogP contribution in [0.25, 0.3) is 0 Å². The zero-order valence-electron chi connectivity index (χ0n) is 11.7. The van der Waals surface area contributed by atoms with Gasteiger partial charge in [-0.15, -0.1) is 0 Å². The van der Waals surface area contributed by atoms with Crippen molar-refractivity contribution in [3.63, 3.8) is 0 Å². The molecule has 1 amide bonds. The number of hydrogen-bond acceptors (Lipinski definition) is 3. The number of nitrogens with zero attached hydrogens (tertiary/aromatic N) is 2. The average Bonchev–Trinajstić information content (AvgIpc) is 3.21. The van der Waals surface area contributed by atoms with Crippen LogP contribution in [-0.2, 0) is 4.79 Å². The first-order chi connectivity index (χ1) is 10.7. The van der Waals surface area contributed by atoms with Crippen molar-refractivity contribution in [1.82, 2.24) is 4.90 Å². The molecule has 4 nitrogen and oxygen atoms in total. The molecule has 0 spiro atoms. The Morgan fingerprint density at radius 1 is 1.18 bits per heavy atom. The maximum Gasteiger partial charge on any atom is 0.246 e. The molecule has 0 saturated carbocycles. The van der Waals surface area contributed by atoms with Gasteiger partial charge in [-0.3, -0.25) is 14.6 Å². The maximum atomic E-state index is 12.9. The van der Waals surface area contributed by atoms with Crippen LogP contribution < -0.4 is 4.90 Å². The molecule has 22 heavy (non-hydrogen) atoms. The minimum absolute atomic E-state index is 0.0791. The number of fused-ring (bicyclic) bond motifs is 1. The molecule has 2 fully saturated rings. The number of benzene rings is 1. The van der Waals surface area contributed by atoms with Crippen molar-refractivity contribution in [2.75, 3.05) is 11.4 Å². The van der Waals surface area contributed by atoms with Gasteiger partial charge in [-0.1, -0.05) is 23.2 Å². The highest BCUT2D eigenvalue weighted by Crippen LogP contribution is 2.43. The summed E-state index contributed by atoms with van der Waals surface area (Å²) in [7, 11) is 0. The van der Waals surface area contributed by atoms with Crippen molar-refractivity contribution in [3.8, 4) is 0 Å². The lowest BCUT2D eigenvalue weighted by Crippen LogP contribution is -2.32. The van der Waals surface area contributed by atoms with Crippen molar-refractivity contribution in [1.29, 1.82) is 0 Å². The number of rotatable bonds is 2. The highest BCUT2D eigenvalue weighted by molar-refractivity contribution is 6.42. The zero-order chi connectivity index (χ0) is 15.3. The van der Waals surface area contributed by atoms with Crippen LogP contribution in [0.5, 0.6) is 0 Å². The fourth-order valence-electron chi connectivity index (χ4n) is 3.41. The van der Waals surface area contributed by atoms with Crippen LogP contribution in [0.15, 0.2) is 41.0 Å². The lowest BCUT2D eigenvalue weighted by atomic mass is 10.2. The van der Waals surface area contributed by atoms with Gasteiger partial charge in [0, 0.05) is 12.2 Å². The molecule has 0 bridgehead atoms. The predicted molar refractivity (Wildman–Crippen MR) is 85.1 cm³/mol. The first-order valence-corrected chi connectivity index (χ1v) is 7.99. The molecule has 0 radical (unpaired) electrons. The van der Waals surface area contributed by atoms with E-state index < -0.39 is 0 Å². The quantitative estimate of drug-likeness (QED) is 0.828. The smallest absolute Gasteiger partial charge is 0.246 e. The third-order valence-electron chi connectivity index (χ3n) is 4.35. The summed E-state index contributed by atoms with van der Waals surface area (Å²) in [6, 6.07) is 8.95. The summed E-state index contributed by atoms with van der Waals surface area (Å²) >= 11 is 12.1. The van der Waals surface area contributed by atoms with E-state index in [-0.39, 0.29) is 18.1 Å². The molecule has 2 atom stereocenters. The van der Waals surface area contributed by atoms with Gasteiger partial charge in [0.25, 0.3) is 0 Å². The molecule has 1 aromatic carbocycles. The van der Waals surface area contributed by atoms with Gasteiger partial charge in [0.1, 0.15) is 11.9 Å². The molecule has 0 aliphatic carbocycles. The minimum Gasteiger partial charge on any atom is -0.466 e. The zero-order valence-corrected chi connectivity index (χ0v) is 13.2. The van der Waals surface area contributed by atoms with Crippen molar-refractivity contribution in [2.45, 2.75) is 25.0 Å². The molecule has 2 aliphatic rings. The van der Waals surface area contributed by atoms with Crippen molar-refractivity contribution >= 4 is 34.8 Å². The van der Waals surface area contributed by atoms with Gasteiger partial charge in [0.2, 0.25) is 5.91 Å². The van der Waals surface area contributed by atoms with E-state index in [2.05, 4.69) is 4.90 Å². The van der Waals surface area contributed by atoms with Crippen LogP contribution in [0.1, 0.15) is 24.8 Å². The lowest BCUT2D eigenvalue weighted by Gasteiger charge is -2.27. The number of amides is 1. The molecule has 114 valence electrons. The number of hydrogen-bond donors (Lipinski definition) is 0. The summed E-state index contributed by atoms with van der Waals surface area (Å²) in [4.78, 5) is 16.8. The van der Waals surface area contributed by atoms with Crippen LogP contribution in [0.3, 0.4) is 0 Å². The van der Waals surface area contributed by atoms with Gasteiger partial charge in [0.15, 0.2) is 0 Å². The second kappa shape index (κ2) is 5.30. The molecule has 0 N–H and O–H groups in total. The van der Waals surface area contributed by atoms with Gasteiger partial charge in [-0.05, 0) is 43.2 Å². The first kappa shape index (κ1) is 14.1. The topological polar surface area (TPSA) is 36.7 Å². The monoisotopic (exact) mass is 336 g/mol. The maximum absolute atomic E-state index is 12.9. The standard InChI is InChI=1S/C16H14Cl2N2O2/c17-11-6-5-10(9-12(11)18)20-15(14-4-2-8-22-14)19-7-1-3-13(19)16(20)21/h2,4-6,8-9,13,15H,1,3,7H2/t13-,15+/m0/s1. The number of halogens is 2. The second-order valence-corrected chi connectivity index (χ2v) is 6.41. The molecule has 2 aromatic rings. The number of anilines is 1. The van der Waals surface area contributed by atoms with E-state index in [4.69, 9.17) is 27.6 Å². The van der Waals surface area contributed by atoms with Gasteiger partial charge in [0.05, 0.1) is 22.4 Å². The Balaban J connectivity index is 1.81. The fourth-order valence-corrected chi connectivity index (χ4v) is 3.70. The van der Waals surface area contributed by atoms with Crippen LogP contribution >= 0.6 is 23.2 Å². The average molecular weight is 337 g/mol. The molecule has 6 heteroatoms. The molecule has 3 heterocycles. The summed E-state index contributed by atoms with van der Waals surface area (Å²) < 4.78 is 5.59. The van der Waals surface area contributed by atoms with Gasteiger partial charge >= 0.3 is 0 Å². The summed E-state index contributed by atoms with van der Waals surface area (Å²) in [5.74, 6) is 0.862. The Bertz CT molecular complexity index is 717. The first-order valence-electron chi connectivity index (χ1n) is 7.24. The van der Waals surface area contributed by atoms with E-state index in [1.807, 2.05) is 18.2 Å². The Morgan fingerprint density at radius 3 is 2.77 bits per heavy atom. The van der Waals surface area contributed by atoms with Crippen molar-refractivity contribution in [2.24, 2.45) is 0 Å². The highest BCUT2D eigenvalue weighted by atomic mass is 35.5. The third-order valence-corrected chi connectivity index (χ3v) is 5.09. The van der Waals surface area contributed by atoms with E-state index in [1.54, 1.807) is 23.3 Å². The van der Waals surface area contributed by atoms with Crippen LogP contribution in [-0.4, -0.2) is 23.4 Å². The van der Waals surface area contributed by atoms with E-state index in [0.29, 0.717) is 10.0 Å². The molecule has 2 aliphatic heterocycles. The Labute approximate surface area is 138 Å². The predicted octanol–water partition coefficient (Wildman–Crippen LogP) is 4.10. The number of carbonyl (C=O) groups excluding carboxylic acids is 1. The Hall–Kier alpha value is -1.49. The van der Waals surface area contributed by atoms with Crippen LogP contribution in [0, 0.1) is 0 Å². The molecule has 2 saturated heterocycles. The summed E-state index contributed by atoms with van der Waals surface area (Å²) in [6.07, 6.45) is 3.33. The highest BCUT2D eigenvalue weighted by Gasteiger charge is 2.50. The Morgan fingerprint density at radius 2 is 2.05 bits per heavy atom. The molecular formula is C16H14Cl2N2O2. The van der Waals surface area contributed by atoms with Crippen LogP contribution in [0.2, 0.25) is 10.0 Å². The van der Waals surface area contributed by atoms with Crippen molar-refractivity contribution < 1.29 is 9.21 Å². The minimum atomic E-state index is -0.216. The summed E-state index contributed by atoms with van der Waals surface area (Å²) in [6.45, 7) is 0.888. The van der Waals surface area contributed by atoms with E-state index in [0.717, 1.165) is 30.8 Å². The largest absolute Gasteiger partial charge is 0.466 e. The molecule has 0 unspecified atom stereocenters. The molecule has 1 aromatic heterocycles. The lowest BCUT2D eigenvalue weighted by molar-refractivity contribution is -0.119. The van der Waals surface area contributed by atoms with Gasteiger partial charge in [-0.2, -0.15) is 0 Å². The summed E-state index contributed by atoms with van der Waals surface area (Å²) in [5.41, 5.74) is 0.746. The summed E-state index contributed by atoms with van der Waals surface area (Å²) in [5, 5.41) is 0.921. The second-order valence-electron chi connectivity index (χ2n) is 5.59. The van der Waals surface area contributed by atoms with Gasteiger partial charge in [-0.25, -0.2) is 0 Å². The number of furan rings is 1. The Kier molecular flexibility index (Phi) is 3.40. The van der Waals surface area contributed by atoms with Crippen LogP contribution in [0.4, 0.5) is 5.69 Å².